The molecule has 0 heterocycles. The predicted octanol–water partition coefficient (Wildman–Crippen LogP) is 15.2. The second kappa shape index (κ2) is 16.3. The van der Waals surface area contributed by atoms with Crippen molar-refractivity contribution in [1.29, 1.82) is 0 Å². The van der Waals surface area contributed by atoms with Crippen molar-refractivity contribution in [1.82, 2.24) is 0 Å². The fourth-order valence-corrected chi connectivity index (χ4v) is 9.53. The minimum Gasteiger partial charge on any atom is -0.258 e. The number of hydrogen-bond donors (Lipinski definition) is 0. The standard InChI is InChI=1S/C56H57NO2/c1-34-18-12-19-35(2)51(34)45-26-16-27-46(52-36(3)20-13-21-37(52)4)49(45)32-42-30-44(56(9,10)11)31-43(55(42)57(58)59)33-50-47(53-38(5)22-14-23-39(53)6)28-17-29-48(50)54-40(7)24-15-25-41(54)8/h12-31H,32-33H2,1-11H3. The summed E-state index contributed by atoms with van der Waals surface area (Å²) in [5.41, 5.74) is 23.4. The first kappa shape index (κ1) is 41.1. The van der Waals surface area contributed by atoms with Crippen molar-refractivity contribution in [2.45, 2.75) is 94.4 Å². The van der Waals surface area contributed by atoms with Gasteiger partial charge in [-0.05, 0) is 179 Å². The molecule has 3 heteroatoms. The molecule has 0 saturated carbocycles. The van der Waals surface area contributed by atoms with Gasteiger partial charge in [-0.2, -0.15) is 0 Å². The van der Waals surface area contributed by atoms with Gasteiger partial charge in [0, 0.05) is 24.0 Å². The molecule has 0 atom stereocenters. The molecule has 0 aliphatic carbocycles. The van der Waals surface area contributed by atoms with Crippen LogP contribution in [0.4, 0.5) is 5.69 Å². The maximum atomic E-state index is 13.8. The molecule has 7 aromatic carbocycles. The number of nitro groups is 1. The van der Waals surface area contributed by atoms with E-state index in [1.165, 1.54) is 66.8 Å². The van der Waals surface area contributed by atoms with Crippen molar-refractivity contribution in [2.75, 3.05) is 0 Å². The number of nitro benzene ring substituents is 1. The summed E-state index contributed by atoms with van der Waals surface area (Å²) in [6.45, 7) is 24.0. The first-order valence-electron chi connectivity index (χ1n) is 20.9. The highest BCUT2D eigenvalue weighted by molar-refractivity contribution is 5.86. The number of nitrogens with zero attached hydrogens (tertiary/aromatic N) is 1. The average Bonchev–Trinajstić information content (AvgIpc) is 3.16. The van der Waals surface area contributed by atoms with Crippen molar-refractivity contribution < 1.29 is 4.92 Å². The van der Waals surface area contributed by atoms with Crippen LogP contribution in [0.2, 0.25) is 0 Å². The van der Waals surface area contributed by atoms with E-state index in [4.69, 9.17) is 0 Å². The minimum absolute atomic E-state index is 0.113. The highest BCUT2D eigenvalue weighted by Crippen LogP contribution is 2.44. The highest BCUT2D eigenvalue weighted by atomic mass is 16.6. The third-order valence-corrected chi connectivity index (χ3v) is 12.4. The molecule has 7 aromatic rings. The van der Waals surface area contributed by atoms with Gasteiger partial charge in [-0.1, -0.05) is 130 Å². The van der Waals surface area contributed by atoms with E-state index in [-0.39, 0.29) is 16.0 Å². The zero-order valence-electron chi connectivity index (χ0n) is 36.7. The van der Waals surface area contributed by atoms with Crippen LogP contribution in [0.5, 0.6) is 0 Å². The highest BCUT2D eigenvalue weighted by Gasteiger charge is 2.29. The van der Waals surface area contributed by atoms with Crippen LogP contribution < -0.4 is 0 Å². The fraction of sp³-hybridized carbons (Fsp3) is 0.250. The van der Waals surface area contributed by atoms with Gasteiger partial charge in [0.25, 0.3) is 5.69 Å². The molecule has 0 radical (unpaired) electrons. The molecular weight excluding hydrogens is 719 g/mol. The molecule has 0 aliphatic rings. The van der Waals surface area contributed by atoms with Crippen molar-refractivity contribution >= 4 is 5.69 Å². The summed E-state index contributed by atoms with van der Waals surface area (Å²) in [7, 11) is 0. The molecule has 7 rings (SSSR count). The summed E-state index contributed by atoms with van der Waals surface area (Å²) < 4.78 is 0. The van der Waals surface area contributed by atoms with Crippen LogP contribution in [-0.2, 0) is 18.3 Å². The minimum atomic E-state index is -0.262. The monoisotopic (exact) mass is 775 g/mol. The first-order chi connectivity index (χ1) is 28.1. The van der Waals surface area contributed by atoms with Gasteiger partial charge in [0.05, 0.1) is 4.92 Å². The van der Waals surface area contributed by atoms with E-state index in [0.717, 1.165) is 50.1 Å². The Balaban J connectivity index is 1.55. The van der Waals surface area contributed by atoms with E-state index >= 15 is 0 Å². The summed E-state index contributed by atoms with van der Waals surface area (Å²) in [5.74, 6) is 0. The Hall–Kier alpha value is -6.06. The van der Waals surface area contributed by atoms with Gasteiger partial charge in [-0.3, -0.25) is 10.1 Å². The molecule has 0 aromatic heterocycles. The Morgan fingerprint density at radius 3 is 0.881 bits per heavy atom. The fourth-order valence-electron chi connectivity index (χ4n) is 9.53. The van der Waals surface area contributed by atoms with Gasteiger partial charge in [-0.25, -0.2) is 0 Å². The molecule has 298 valence electrons. The summed E-state index contributed by atoms with van der Waals surface area (Å²) in [6.07, 6.45) is 0.811. The summed E-state index contributed by atoms with van der Waals surface area (Å²) >= 11 is 0. The summed E-state index contributed by atoms with van der Waals surface area (Å²) in [5, 5.41) is 13.8. The lowest BCUT2D eigenvalue weighted by molar-refractivity contribution is -0.386. The van der Waals surface area contributed by atoms with Crippen LogP contribution >= 0.6 is 0 Å². The van der Waals surface area contributed by atoms with E-state index in [1.807, 2.05) is 0 Å². The van der Waals surface area contributed by atoms with Crippen molar-refractivity contribution in [2.24, 2.45) is 0 Å². The summed E-state index contributed by atoms with van der Waals surface area (Å²) in [4.78, 5) is 13.7. The lowest BCUT2D eigenvalue weighted by atomic mass is 9.79. The molecule has 0 unspecified atom stereocenters. The molecule has 0 aliphatic heterocycles. The number of rotatable bonds is 9. The predicted molar refractivity (Wildman–Crippen MR) is 250 cm³/mol. The molecule has 0 fully saturated rings. The first-order valence-corrected chi connectivity index (χ1v) is 20.9. The second-order valence-corrected chi connectivity index (χ2v) is 17.7. The topological polar surface area (TPSA) is 43.1 Å². The smallest absolute Gasteiger partial charge is 0.258 e. The zero-order valence-corrected chi connectivity index (χ0v) is 36.7. The Labute approximate surface area is 352 Å². The van der Waals surface area contributed by atoms with Crippen LogP contribution in [0.25, 0.3) is 44.5 Å². The maximum absolute atomic E-state index is 13.8. The van der Waals surface area contributed by atoms with Crippen molar-refractivity contribution in [3.63, 3.8) is 0 Å². The van der Waals surface area contributed by atoms with E-state index in [0.29, 0.717) is 12.8 Å². The maximum Gasteiger partial charge on any atom is 0.276 e. The Bertz CT molecular complexity index is 2370. The molecule has 0 N–H and O–H groups in total. The molecule has 0 amide bonds. The summed E-state index contributed by atoms with van der Waals surface area (Å²) in [6, 6.07) is 43.1. The van der Waals surface area contributed by atoms with E-state index < -0.39 is 0 Å². The Morgan fingerprint density at radius 1 is 0.424 bits per heavy atom. The zero-order chi connectivity index (χ0) is 42.3. The Morgan fingerprint density at radius 2 is 0.661 bits per heavy atom. The second-order valence-electron chi connectivity index (χ2n) is 17.7. The third-order valence-electron chi connectivity index (χ3n) is 12.4. The van der Waals surface area contributed by atoms with Crippen LogP contribution in [-0.4, -0.2) is 4.92 Å². The molecule has 59 heavy (non-hydrogen) atoms. The SMILES string of the molecule is Cc1cccc(C)c1-c1cccc(-c2c(C)cccc2C)c1Cc1cc(C(C)(C)C)cc(Cc2c(-c3c(C)cccc3C)cccc2-c2c(C)cccc2C)c1[N+](=O)[O-]. The quantitative estimate of drug-likeness (QED) is 0.108. The number of aryl methyl sites for hydroxylation is 8. The third kappa shape index (κ3) is 7.91. The van der Waals surface area contributed by atoms with Gasteiger partial charge < -0.3 is 0 Å². The normalized spacial score (nSPS) is 11.6. The average molecular weight is 776 g/mol. The Kier molecular flexibility index (Phi) is 11.4. The molecular formula is C56H57NO2. The van der Waals surface area contributed by atoms with Gasteiger partial charge in [0.1, 0.15) is 0 Å². The van der Waals surface area contributed by atoms with Crippen LogP contribution in [0.1, 0.15) is 93.1 Å². The van der Waals surface area contributed by atoms with E-state index in [2.05, 4.69) is 197 Å². The lowest BCUT2D eigenvalue weighted by Gasteiger charge is -2.25. The largest absolute Gasteiger partial charge is 0.276 e. The van der Waals surface area contributed by atoms with Crippen LogP contribution in [0.15, 0.2) is 121 Å². The van der Waals surface area contributed by atoms with Crippen LogP contribution in [0, 0.1) is 65.5 Å². The van der Waals surface area contributed by atoms with E-state index in [9.17, 15) is 10.1 Å². The lowest BCUT2D eigenvalue weighted by Crippen LogP contribution is -2.15. The van der Waals surface area contributed by atoms with E-state index in [1.54, 1.807) is 0 Å². The van der Waals surface area contributed by atoms with Crippen molar-refractivity contribution in [3.8, 4) is 44.5 Å². The molecule has 3 nitrogen and oxygen atoms in total. The van der Waals surface area contributed by atoms with Gasteiger partial charge in [-0.15, -0.1) is 0 Å². The van der Waals surface area contributed by atoms with Crippen molar-refractivity contribution in [3.05, 3.63) is 204 Å². The number of benzene rings is 7. The van der Waals surface area contributed by atoms with Gasteiger partial charge in [0.2, 0.25) is 0 Å². The molecule has 0 spiro atoms. The van der Waals surface area contributed by atoms with Gasteiger partial charge >= 0.3 is 0 Å². The molecule has 0 bridgehead atoms. The number of hydrogen-bond acceptors (Lipinski definition) is 2. The molecule has 0 saturated heterocycles. The van der Waals surface area contributed by atoms with Gasteiger partial charge in [0.15, 0.2) is 0 Å². The van der Waals surface area contributed by atoms with Crippen LogP contribution in [0.3, 0.4) is 0 Å².